The first-order valence-electron chi connectivity index (χ1n) is 10.5. The molecule has 0 N–H and O–H groups in total. The molecule has 1 aliphatic heterocycles. The number of nitrogens with zero attached hydrogens (tertiary/aromatic N) is 2. The molecule has 4 rings (SSSR count). The van der Waals surface area contributed by atoms with Crippen molar-refractivity contribution in [3.8, 4) is 0 Å². The third-order valence-electron chi connectivity index (χ3n) is 6.10. The van der Waals surface area contributed by atoms with Gasteiger partial charge in [-0.2, -0.15) is 0 Å². The lowest BCUT2D eigenvalue weighted by Crippen LogP contribution is -2.57. The van der Waals surface area contributed by atoms with Crippen molar-refractivity contribution in [2.75, 3.05) is 6.54 Å². The standard InChI is InChI=1S/C24H27FN2O2/c25-20-14-12-19(13-15-20)23-24(29)26(21-10-6-1-2-7-11-21)17-22(28)27(23)16-18-8-4-3-5-9-18/h3-5,8-9,12-15,21,23H,1-2,6-7,10-11,16-17H2/t23-/m0/s1. The van der Waals surface area contributed by atoms with E-state index in [9.17, 15) is 14.0 Å². The fraction of sp³-hybridized carbons (Fsp3) is 0.417. The number of rotatable bonds is 4. The molecule has 2 aliphatic rings. The van der Waals surface area contributed by atoms with E-state index in [1.807, 2.05) is 30.3 Å². The van der Waals surface area contributed by atoms with Crippen LogP contribution >= 0.6 is 0 Å². The second-order valence-corrected chi connectivity index (χ2v) is 8.07. The van der Waals surface area contributed by atoms with Gasteiger partial charge >= 0.3 is 0 Å². The number of hydrogen-bond acceptors (Lipinski definition) is 2. The fourth-order valence-electron chi connectivity index (χ4n) is 4.55. The maximum atomic E-state index is 13.6. The molecule has 1 heterocycles. The van der Waals surface area contributed by atoms with Gasteiger partial charge in [0.25, 0.3) is 5.91 Å². The lowest BCUT2D eigenvalue weighted by atomic mass is 9.97. The highest BCUT2D eigenvalue weighted by Gasteiger charge is 2.42. The third kappa shape index (κ3) is 4.34. The summed E-state index contributed by atoms with van der Waals surface area (Å²) in [4.78, 5) is 30.2. The van der Waals surface area contributed by atoms with Crippen molar-refractivity contribution in [2.45, 2.75) is 57.2 Å². The molecule has 0 spiro atoms. The van der Waals surface area contributed by atoms with Gasteiger partial charge in [-0.15, -0.1) is 0 Å². The van der Waals surface area contributed by atoms with E-state index in [1.54, 1.807) is 21.9 Å². The SMILES string of the molecule is O=C1[C@H](c2ccc(F)cc2)N(Cc2ccccc2)C(=O)CN1C1CCCCCC1. The van der Waals surface area contributed by atoms with Crippen LogP contribution in [0, 0.1) is 5.82 Å². The van der Waals surface area contributed by atoms with Crippen LogP contribution < -0.4 is 0 Å². The minimum absolute atomic E-state index is 0.0426. The smallest absolute Gasteiger partial charge is 0.250 e. The summed E-state index contributed by atoms with van der Waals surface area (Å²) in [5, 5.41) is 0. The first-order chi connectivity index (χ1) is 14.1. The molecule has 2 amide bonds. The van der Waals surface area contributed by atoms with Gasteiger partial charge < -0.3 is 9.80 Å². The molecule has 1 aliphatic carbocycles. The van der Waals surface area contributed by atoms with Gasteiger partial charge in [0, 0.05) is 12.6 Å². The summed E-state index contributed by atoms with van der Waals surface area (Å²) < 4.78 is 13.5. The Hall–Kier alpha value is -2.69. The lowest BCUT2D eigenvalue weighted by Gasteiger charge is -2.43. The molecule has 2 aromatic carbocycles. The molecule has 0 unspecified atom stereocenters. The van der Waals surface area contributed by atoms with E-state index in [2.05, 4.69) is 0 Å². The maximum absolute atomic E-state index is 13.6. The lowest BCUT2D eigenvalue weighted by molar-refractivity contribution is -0.159. The number of carbonyl (C=O) groups is 2. The molecular formula is C24H27FN2O2. The van der Waals surface area contributed by atoms with E-state index in [4.69, 9.17) is 0 Å². The van der Waals surface area contributed by atoms with Crippen molar-refractivity contribution in [3.63, 3.8) is 0 Å². The molecular weight excluding hydrogens is 367 g/mol. The Morgan fingerprint density at radius 3 is 2.17 bits per heavy atom. The van der Waals surface area contributed by atoms with E-state index in [0.29, 0.717) is 12.1 Å². The number of amides is 2. The normalized spacial score (nSPS) is 21.3. The first-order valence-corrected chi connectivity index (χ1v) is 10.5. The molecule has 2 aromatic rings. The Labute approximate surface area is 171 Å². The highest BCUT2D eigenvalue weighted by molar-refractivity contribution is 5.95. The molecule has 1 saturated carbocycles. The first kappa shape index (κ1) is 19.6. The average molecular weight is 394 g/mol. The topological polar surface area (TPSA) is 40.6 Å². The summed E-state index contributed by atoms with van der Waals surface area (Å²) in [6.45, 7) is 0.500. The Balaban J connectivity index is 1.66. The van der Waals surface area contributed by atoms with Gasteiger partial charge in [0.05, 0.1) is 0 Å². The summed E-state index contributed by atoms with van der Waals surface area (Å²) in [5.74, 6) is -0.440. The minimum Gasteiger partial charge on any atom is -0.328 e. The van der Waals surface area contributed by atoms with Crippen molar-refractivity contribution in [2.24, 2.45) is 0 Å². The van der Waals surface area contributed by atoms with Gasteiger partial charge in [-0.1, -0.05) is 68.1 Å². The van der Waals surface area contributed by atoms with Gasteiger partial charge in [0.1, 0.15) is 18.4 Å². The van der Waals surface area contributed by atoms with Crippen LogP contribution in [0.4, 0.5) is 4.39 Å². The number of carbonyl (C=O) groups excluding carboxylic acids is 2. The van der Waals surface area contributed by atoms with Crippen LogP contribution in [0.15, 0.2) is 54.6 Å². The second-order valence-electron chi connectivity index (χ2n) is 8.07. The zero-order chi connectivity index (χ0) is 20.2. The van der Waals surface area contributed by atoms with Crippen LogP contribution in [0.1, 0.15) is 55.7 Å². The highest BCUT2D eigenvalue weighted by Crippen LogP contribution is 2.33. The molecule has 1 saturated heterocycles. The Morgan fingerprint density at radius 2 is 1.52 bits per heavy atom. The van der Waals surface area contributed by atoms with Gasteiger partial charge in [0.15, 0.2) is 0 Å². The number of benzene rings is 2. The van der Waals surface area contributed by atoms with Crippen molar-refractivity contribution >= 4 is 11.8 Å². The summed E-state index contributed by atoms with van der Waals surface area (Å²) in [7, 11) is 0. The molecule has 4 nitrogen and oxygen atoms in total. The van der Waals surface area contributed by atoms with Crippen LogP contribution in [0.5, 0.6) is 0 Å². The van der Waals surface area contributed by atoms with Crippen molar-refractivity contribution in [3.05, 3.63) is 71.5 Å². The highest BCUT2D eigenvalue weighted by atomic mass is 19.1. The predicted molar refractivity (Wildman–Crippen MR) is 109 cm³/mol. The molecule has 0 bridgehead atoms. The van der Waals surface area contributed by atoms with Gasteiger partial charge in [-0.05, 0) is 36.1 Å². The molecule has 152 valence electrons. The fourth-order valence-corrected chi connectivity index (χ4v) is 4.55. The average Bonchev–Trinajstić information content (AvgIpc) is 3.02. The summed E-state index contributed by atoms with van der Waals surface area (Å²) in [5.41, 5.74) is 1.64. The Morgan fingerprint density at radius 1 is 0.862 bits per heavy atom. The van der Waals surface area contributed by atoms with Crippen LogP contribution in [0.3, 0.4) is 0 Å². The van der Waals surface area contributed by atoms with Gasteiger partial charge in [0.2, 0.25) is 5.91 Å². The molecule has 5 heteroatoms. The van der Waals surface area contributed by atoms with Crippen LogP contribution in [-0.2, 0) is 16.1 Å². The molecule has 0 radical (unpaired) electrons. The largest absolute Gasteiger partial charge is 0.328 e. The predicted octanol–water partition coefficient (Wildman–Crippen LogP) is 4.46. The van der Waals surface area contributed by atoms with E-state index in [0.717, 1.165) is 31.2 Å². The number of hydrogen-bond donors (Lipinski definition) is 0. The van der Waals surface area contributed by atoms with E-state index in [-0.39, 0.29) is 30.2 Å². The molecule has 2 fully saturated rings. The van der Waals surface area contributed by atoms with Gasteiger partial charge in [-0.25, -0.2) is 4.39 Å². The van der Waals surface area contributed by atoms with Crippen LogP contribution in [-0.4, -0.2) is 34.2 Å². The maximum Gasteiger partial charge on any atom is 0.250 e. The second kappa shape index (κ2) is 8.76. The summed E-state index contributed by atoms with van der Waals surface area (Å²) >= 11 is 0. The van der Waals surface area contributed by atoms with Crippen LogP contribution in [0.2, 0.25) is 0 Å². The van der Waals surface area contributed by atoms with E-state index < -0.39 is 6.04 Å². The van der Waals surface area contributed by atoms with Crippen LogP contribution in [0.25, 0.3) is 0 Å². The molecule has 0 aromatic heterocycles. The van der Waals surface area contributed by atoms with Gasteiger partial charge in [-0.3, -0.25) is 9.59 Å². The number of halogens is 1. The van der Waals surface area contributed by atoms with E-state index in [1.165, 1.54) is 25.0 Å². The monoisotopic (exact) mass is 394 g/mol. The molecule has 1 atom stereocenters. The quantitative estimate of drug-likeness (QED) is 0.719. The molecule has 29 heavy (non-hydrogen) atoms. The van der Waals surface area contributed by atoms with E-state index >= 15 is 0 Å². The van der Waals surface area contributed by atoms with Crippen molar-refractivity contribution in [1.29, 1.82) is 0 Å². The summed E-state index contributed by atoms with van der Waals surface area (Å²) in [6.07, 6.45) is 6.47. The minimum atomic E-state index is -0.708. The third-order valence-corrected chi connectivity index (χ3v) is 6.10. The zero-order valence-corrected chi connectivity index (χ0v) is 16.6. The Bertz CT molecular complexity index is 845. The summed E-state index contributed by atoms with van der Waals surface area (Å²) in [6, 6.07) is 15.1. The van der Waals surface area contributed by atoms with Crippen molar-refractivity contribution < 1.29 is 14.0 Å². The van der Waals surface area contributed by atoms with Crippen molar-refractivity contribution in [1.82, 2.24) is 9.80 Å². The number of piperazine rings is 1. The zero-order valence-electron chi connectivity index (χ0n) is 16.6. The Kier molecular flexibility index (Phi) is 5.93.